The zero-order valence-corrected chi connectivity index (χ0v) is 10.4. The first-order valence-electron chi connectivity index (χ1n) is 6.48. The van der Waals surface area contributed by atoms with Gasteiger partial charge in [-0.05, 0) is 37.8 Å². The maximum absolute atomic E-state index is 8.77. The molecule has 1 fully saturated rings. The summed E-state index contributed by atoms with van der Waals surface area (Å²) in [5.41, 5.74) is 0.637. The molecule has 0 N–H and O–H groups in total. The van der Waals surface area contributed by atoms with Crippen molar-refractivity contribution < 1.29 is 0 Å². The molecule has 3 nitrogen and oxygen atoms in total. The van der Waals surface area contributed by atoms with E-state index in [4.69, 9.17) is 5.26 Å². The summed E-state index contributed by atoms with van der Waals surface area (Å²) in [5.74, 6) is 1.03. The predicted octanol–water partition coefficient (Wildman–Crippen LogP) is 3.11. The molecule has 1 aromatic rings. The molecule has 0 amide bonds. The van der Waals surface area contributed by atoms with E-state index in [1.807, 2.05) is 12.1 Å². The predicted molar refractivity (Wildman–Crippen MR) is 68.8 cm³/mol. The lowest BCUT2D eigenvalue weighted by molar-refractivity contribution is 0.432. The van der Waals surface area contributed by atoms with Gasteiger partial charge in [0.25, 0.3) is 0 Å². The van der Waals surface area contributed by atoms with Crippen molar-refractivity contribution in [1.29, 1.82) is 5.26 Å². The Morgan fingerprint density at radius 3 is 3.00 bits per heavy atom. The Bertz CT molecular complexity index is 389. The van der Waals surface area contributed by atoms with Crippen molar-refractivity contribution in [1.82, 2.24) is 4.98 Å². The minimum Gasteiger partial charge on any atom is -0.354 e. The van der Waals surface area contributed by atoms with E-state index in [-0.39, 0.29) is 0 Å². The maximum Gasteiger partial charge on any atom is 0.128 e. The van der Waals surface area contributed by atoms with Crippen molar-refractivity contribution in [2.24, 2.45) is 0 Å². The fourth-order valence-electron chi connectivity index (χ4n) is 2.56. The Labute approximate surface area is 103 Å². The van der Waals surface area contributed by atoms with Crippen LogP contribution in [-0.2, 0) is 0 Å². The number of nitrogens with zero attached hydrogens (tertiary/aromatic N) is 3. The standard InChI is InChI=1S/C14H19N3/c1-2-5-13-6-3-4-9-17(13)14-8-7-12(10-15)11-16-14/h7-8,11,13H,2-6,9H2,1H3. The second-order valence-corrected chi connectivity index (χ2v) is 4.65. The summed E-state index contributed by atoms with van der Waals surface area (Å²) in [6.45, 7) is 3.34. The average Bonchev–Trinajstić information content (AvgIpc) is 2.40. The normalized spacial score (nSPS) is 20.0. The molecule has 0 bridgehead atoms. The van der Waals surface area contributed by atoms with Gasteiger partial charge in [-0.15, -0.1) is 0 Å². The van der Waals surface area contributed by atoms with Crippen LogP contribution in [0.25, 0.3) is 0 Å². The van der Waals surface area contributed by atoms with Crippen LogP contribution in [0.1, 0.15) is 44.6 Å². The van der Waals surface area contributed by atoms with E-state index in [0.29, 0.717) is 11.6 Å². The third-order valence-corrected chi connectivity index (χ3v) is 3.42. The number of rotatable bonds is 3. The summed E-state index contributed by atoms with van der Waals surface area (Å²) in [5, 5.41) is 8.77. The van der Waals surface area contributed by atoms with Crippen LogP contribution in [0.4, 0.5) is 5.82 Å². The number of nitriles is 1. The van der Waals surface area contributed by atoms with Crippen LogP contribution in [0.2, 0.25) is 0 Å². The Balaban J connectivity index is 2.14. The van der Waals surface area contributed by atoms with Crippen LogP contribution >= 0.6 is 0 Å². The van der Waals surface area contributed by atoms with Crippen LogP contribution < -0.4 is 4.90 Å². The second kappa shape index (κ2) is 5.67. The van der Waals surface area contributed by atoms with E-state index < -0.39 is 0 Å². The van der Waals surface area contributed by atoms with Gasteiger partial charge in [-0.3, -0.25) is 0 Å². The molecule has 1 aromatic heterocycles. The molecule has 2 heterocycles. The van der Waals surface area contributed by atoms with E-state index in [9.17, 15) is 0 Å². The fourth-order valence-corrected chi connectivity index (χ4v) is 2.56. The highest BCUT2D eigenvalue weighted by atomic mass is 15.2. The fraction of sp³-hybridized carbons (Fsp3) is 0.571. The van der Waals surface area contributed by atoms with Gasteiger partial charge in [-0.1, -0.05) is 13.3 Å². The molecule has 0 radical (unpaired) electrons. The van der Waals surface area contributed by atoms with Crippen LogP contribution in [0.15, 0.2) is 18.3 Å². The summed E-state index contributed by atoms with van der Waals surface area (Å²) in [6, 6.07) is 6.59. The van der Waals surface area contributed by atoms with Crippen LogP contribution in [0.5, 0.6) is 0 Å². The average molecular weight is 229 g/mol. The highest BCUT2D eigenvalue weighted by molar-refractivity contribution is 5.43. The van der Waals surface area contributed by atoms with Gasteiger partial charge in [0.1, 0.15) is 11.9 Å². The molecule has 1 saturated heterocycles. The maximum atomic E-state index is 8.77. The minimum absolute atomic E-state index is 0.634. The molecule has 1 aliphatic heterocycles. The van der Waals surface area contributed by atoms with Gasteiger partial charge < -0.3 is 4.90 Å². The molecular weight excluding hydrogens is 210 g/mol. The Hall–Kier alpha value is -1.56. The van der Waals surface area contributed by atoms with E-state index in [1.54, 1.807) is 6.20 Å². The SMILES string of the molecule is CCCC1CCCCN1c1ccc(C#N)cn1. The molecule has 3 heteroatoms. The smallest absolute Gasteiger partial charge is 0.128 e. The van der Waals surface area contributed by atoms with Gasteiger partial charge in [0.05, 0.1) is 5.56 Å². The number of hydrogen-bond donors (Lipinski definition) is 0. The third-order valence-electron chi connectivity index (χ3n) is 3.42. The minimum atomic E-state index is 0.634. The quantitative estimate of drug-likeness (QED) is 0.799. The zero-order valence-electron chi connectivity index (χ0n) is 10.4. The monoisotopic (exact) mass is 229 g/mol. The van der Waals surface area contributed by atoms with Crippen molar-refractivity contribution in [3.8, 4) is 6.07 Å². The number of piperidine rings is 1. The molecule has 1 aliphatic rings. The topological polar surface area (TPSA) is 39.9 Å². The van der Waals surface area contributed by atoms with Gasteiger partial charge in [0, 0.05) is 18.8 Å². The van der Waals surface area contributed by atoms with Crippen molar-refractivity contribution in [2.45, 2.75) is 45.1 Å². The zero-order chi connectivity index (χ0) is 12.1. The molecule has 1 atom stereocenters. The van der Waals surface area contributed by atoms with Gasteiger partial charge in [-0.25, -0.2) is 4.98 Å². The first-order valence-corrected chi connectivity index (χ1v) is 6.48. The first-order chi connectivity index (χ1) is 8.35. The summed E-state index contributed by atoms with van der Waals surface area (Å²) >= 11 is 0. The number of anilines is 1. The van der Waals surface area contributed by atoms with E-state index >= 15 is 0 Å². The summed E-state index contributed by atoms with van der Waals surface area (Å²) < 4.78 is 0. The largest absolute Gasteiger partial charge is 0.354 e. The number of pyridine rings is 1. The van der Waals surface area contributed by atoms with Crippen LogP contribution in [0, 0.1) is 11.3 Å². The second-order valence-electron chi connectivity index (χ2n) is 4.65. The summed E-state index contributed by atoms with van der Waals surface area (Å²) in [7, 11) is 0. The first kappa shape index (κ1) is 11.9. The number of hydrogen-bond acceptors (Lipinski definition) is 3. The Kier molecular flexibility index (Phi) is 3.98. The molecule has 90 valence electrons. The lowest BCUT2D eigenvalue weighted by atomic mass is 9.98. The van der Waals surface area contributed by atoms with Gasteiger partial charge in [0.15, 0.2) is 0 Å². The van der Waals surface area contributed by atoms with Gasteiger partial charge in [0.2, 0.25) is 0 Å². The van der Waals surface area contributed by atoms with Crippen molar-refractivity contribution >= 4 is 5.82 Å². The third kappa shape index (κ3) is 2.76. The van der Waals surface area contributed by atoms with E-state index in [1.165, 1.54) is 32.1 Å². The summed E-state index contributed by atoms with van der Waals surface area (Å²) in [4.78, 5) is 6.82. The van der Waals surface area contributed by atoms with Crippen molar-refractivity contribution in [3.63, 3.8) is 0 Å². The summed E-state index contributed by atoms with van der Waals surface area (Å²) in [6.07, 6.45) is 7.99. The van der Waals surface area contributed by atoms with Crippen LogP contribution in [-0.4, -0.2) is 17.6 Å². The number of aromatic nitrogens is 1. The Morgan fingerprint density at radius 1 is 1.47 bits per heavy atom. The van der Waals surface area contributed by atoms with Crippen molar-refractivity contribution in [2.75, 3.05) is 11.4 Å². The molecule has 0 saturated carbocycles. The lowest BCUT2D eigenvalue weighted by Gasteiger charge is -2.36. The van der Waals surface area contributed by atoms with Crippen LogP contribution in [0.3, 0.4) is 0 Å². The highest BCUT2D eigenvalue weighted by Crippen LogP contribution is 2.25. The molecule has 0 aliphatic carbocycles. The molecule has 0 spiro atoms. The van der Waals surface area contributed by atoms with Gasteiger partial charge >= 0.3 is 0 Å². The lowest BCUT2D eigenvalue weighted by Crippen LogP contribution is -2.39. The molecular formula is C14H19N3. The molecule has 1 unspecified atom stereocenters. The van der Waals surface area contributed by atoms with E-state index in [2.05, 4.69) is 22.9 Å². The van der Waals surface area contributed by atoms with E-state index in [0.717, 1.165) is 12.4 Å². The van der Waals surface area contributed by atoms with Crippen molar-refractivity contribution in [3.05, 3.63) is 23.9 Å². The Morgan fingerprint density at radius 2 is 2.35 bits per heavy atom. The molecule has 2 rings (SSSR count). The molecule has 17 heavy (non-hydrogen) atoms. The molecule has 0 aromatic carbocycles. The van der Waals surface area contributed by atoms with Gasteiger partial charge in [-0.2, -0.15) is 5.26 Å². The highest BCUT2D eigenvalue weighted by Gasteiger charge is 2.22.